The first-order valence-corrected chi connectivity index (χ1v) is 11.7. The van der Waals surface area contributed by atoms with Crippen LogP contribution in [0.1, 0.15) is 43.7 Å². The first kappa shape index (κ1) is 23.1. The van der Waals surface area contributed by atoms with E-state index in [0.29, 0.717) is 6.54 Å². The Balaban J connectivity index is 1.30. The smallest absolute Gasteiger partial charge is 0.191 e. The van der Waals surface area contributed by atoms with Gasteiger partial charge in [-0.15, -0.1) is 0 Å². The number of unbranched alkanes of at least 4 members (excludes halogenated alkanes) is 1. The van der Waals surface area contributed by atoms with Crippen LogP contribution in [-0.2, 0) is 19.4 Å². The van der Waals surface area contributed by atoms with Crippen LogP contribution in [0, 0.1) is 0 Å². The standard InChI is InChI=1S/C24H38N6O/c1-4-22-21(23(5-2)31-28-22)19-27-24(25-3)26-13-9-10-14-29-15-17-30(18-16-29)20-11-7-6-8-12-20/h6-8,11-12H,4-5,9-10,13-19H2,1-3H3,(H2,25,26,27). The Morgan fingerprint density at radius 3 is 2.48 bits per heavy atom. The number of hydrogen-bond donors (Lipinski definition) is 2. The van der Waals surface area contributed by atoms with Crippen LogP contribution in [-0.4, -0.2) is 62.3 Å². The molecule has 7 nitrogen and oxygen atoms in total. The summed E-state index contributed by atoms with van der Waals surface area (Å²) in [4.78, 5) is 9.41. The molecule has 2 heterocycles. The van der Waals surface area contributed by atoms with Crippen molar-refractivity contribution in [2.45, 2.75) is 46.1 Å². The predicted octanol–water partition coefficient (Wildman–Crippen LogP) is 3.07. The van der Waals surface area contributed by atoms with Crippen LogP contribution < -0.4 is 15.5 Å². The molecule has 1 saturated heterocycles. The molecule has 0 atom stereocenters. The lowest BCUT2D eigenvalue weighted by molar-refractivity contribution is 0.253. The number of aromatic nitrogens is 1. The van der Waals surface area contributed by atoms with Crippen LogP contribution in [0.2, 0.25) is 0 Å². The number of anilines is 1. The second-order valence-electron chi connectivity index (χ2n) is 7.96. The third-order valence-electron chi connectivity index (χ3n) is 5.95. The maximum Gasteiger partial charge on any atom is 0.191 e. The van der Waals surface area contributed by atoms with Gasteiger partial charge >= 0.3 is 0 Å². The fraction of sp³-hybridized carbons (Fsp3) is 0.583. The van der Waals surface area contributed by atoms with E-state index in [2.05, 4.69) is 74.8 Å². The minimum absolute atomic E-state index is 0.696. The fourth-order valence-electron chi connectivity index (χ4n) is 4.07. The predicted molar refractivity (Wildman–Crippen MR) is 128 cm³/mol. The van der Waals surface area contributed by atoms with Gasteiger partial charge in [-0.05, 0) is 37.9 Å². The topological polar surface area (TPSA) is 68.9 Å². The zero-order valence-electron chi connectivity index (χ0n) is 19.4. The molecule has 1 aromatic heterocycles. The van der Waals surface area contributed by atoms with Crippen molar-refractivity contribution in [2.24, 2.45) is 4.99 Å². The molecular formula is C24H38N6O. The molecule has 170 valence electrons. The van der Waals surface area contributed by atoms with E-state index in [1.54, 1.807) is 0 Å². The van der Waals surface area contributed by atoms with Crippen molar-refractivity contribution in [3.63, 3.8) is 0 Å². The molecule has 1 fully saturated rings. The Hall–Kier alpha value is -2.54. The number of rotatable bonds is 10. The van der Waals surface area contributed by atoms with E-state index in [1.165, 1.54) is 17.7 Å². The van der Waals surface area contributed by atoms with E-state index in [-0.39, 0.29) is 0 Å². The number of nitrogens with one attached hydrogen (secondary N) is 2. The van der Waals surface area contributed by atoms with Crippen LogP contribution in [0.15, 0.2) is 39.8 Å². The Labute approximate surface area is 186 Å². The van der Waals surface area contributed by atoms with Gasteiger partial charge in [0.1, 0.15) is 5.76 Å². The van der Waals surface area contributed by atoms with Crippen molar-refractivity contribution in [1.29, 1.82) is 0 Å². The van der Waals surface area contributed by atoms with Gasteiger partial charge in [0.2, 0.25) is 0 Å². The zero-order valence-corrected chi connectivity index (χ0v) is 19.4. The van der Waals surface area contributed by atoms with Gasteiger partial charge < -0.3 is 20.1 Å². The van der Waals surface area contributed by atoms with E-state index >= 15 is 0 Å². The Kier molecular flexibility index (Phi) is 9.21. The molecular weight excluding hydrogens is 388 g/mol. The summed E-state index contributed by atoms with van der Waals surface area (Å²) in [5, 5.41) is 11.0. The second kappa shape index (κ2) is 12.3. The molecule has 0 saturated carbocycles. The quantitative estimate of drug-likeness (QED) is 0.346. The van der Waals surface area contributed by atoms with Gasteiger partial charge in [0.15, 0.2) is 5.96 Å². The number of hydrogen-bond acceptors (Lipinski definition) is 5. The molecule has 1 aliphatic heterocycles. The highest BCUT2D eigenvalue weighted by molar-refractivity contribution is 5.79. The SMILES string of the molecule is CCc1noc(CC)c1CNC(=NC)NCCCCN1CCN(c2ccccc2)CC1. The zero-order chi connectivity index (χ0) is 21.9. The van der Waals surface area contributed by atoms with Gasteiger partial charge in [-0.3, -0.25) is 9.89 Å². The maximum absolute atomic E-state index is 5.45. The van der Waals surface area contributed by atoms with E-state index in [9.17, 15) is 0 Å². The van der Waals surface area contributed by atoms with Crippen LogP contribution in [0.3, 0.4) is 0 Å². The largest absolute Gasteiger partial charge is 0.369 e. The molecule has 0 aliphatic carbocycles. The molecule has 31 heavy (non-hydrogen) atoms. The van der Waals surface area contributed by atoms with Gasteiger partial charge in [0, 0.05) is 64.0 Å². The molecule has 2 aromatic rings. The summed E-state index contributed by atoms with van der Waals surface area (Å²) in [7, 11) is 1.82. The summed E-state index contributed by atoms with van der Waals surface area (Å²) >= 11 is 0. The molecule has 1 aromatic carbocycles. The summed E-state index contributed by atoms with van der Waals surface area (Å²) in [6.45, 7) is 11.5. The van der Waals surface area contributed by atoms with E-state index < -0.39 is 0 Å². The molecule has 0 bridgehead atoms. The number of nitrogens with zero attached hydrogens (tertiary/aromatic N) is 4. The van der Waals surface area contributed by atoms with Crippen molar-refractivity contribution in [1.82, 2.24) is 20.7 Å². The number of aryl methyl sites for hydroxylation is 2. The Bertz CT molecular complexity index is 774. The first-order chi connectivity index (χ1) is 15.2. The van der Waals surface area contributed by atoms with Crippen molar-refractivity contribution >= 4 is 11.6 Å². The molecule has 0 amide bonds. The molecule has 1 aliphatic rings. The number of guanidine groups is 1. The Morgan fingerprint density at radius 2 is 1.81 bits per heavy atom. The van der Waals surface area contributed by atoms with Gasteiger partial charge in [0.25, 0.3) is 0 Å². The van der Waals surface area contributed by atoms with Gasteiger partial charge in [-0.25, -0.2) is 0 Å². The molecule has 0 unspecified atom stereocenters. The van der Waals surface area contributed by atoms with Gasteiger partial charge in [-0.2, -0.15) is 0 Å². The summed E-state index contributed by atoms with van der Waals surface area (Å²) < 4.78 is 5.45. The van der Waals surface area contributed by atoms with Crippen molar-refractivity contribution in [2.75, 3.05) is 51.2 Å². The molecule has 7 heteroatoms. The first-order valence-electron chi connectivity index (χ1n) is 11.7. The number of para-hydroxylation sites is 1. The van der Waals surface area contributed by atoms with Crippen LogP contribution in [0.5, 0.6) is 0 Å². The van der Waals surface area contributed by atoms with E-state index in [4.69, 9.17) is 4.52 Å². The van der Waals surface area contributed by atoms with Crippen LogP contribution in [0.25, 0.3) is 0 Å². The summed E-state index contributed by atoms with van der Waals surface area (Å²) in [6.07, 6.45) is 4.07. The summed E-state index contributed by atoms with van der Waals surface area (Å²) in [5.41, 5.74) is 3.54. The maximum atomic E-state index is 5.45. The summed E-state index contributed by atoms with van der Waals surface area (Å²) in [5.74, 6) is 1.80. The minimum Gasteiger partial charge on any atom is -0.369 e. The van der Waals surface area contributed by atoms with Gasteiger partial charge in [-0.1, -0.05) is 37.2 Å². The lowest BCUT2D eigenvalue weighted by atomic mass is 10.1. The monoisotopic (exact) mass is 426 g/mol. The Morgan fingerprint density at radius 1 is 1.03 bits per heavy atom. The summed E-state index contributed by atoms with van der Waals surface area (Å²) in [6, 6.07) is 10.7. The van der Waals surface area contributed by atoms with Crippen molar-refractivity contribution in [3.8, 4) is 0 Å². The molecule has 3 rings (SSSR count). The molecule has 2 N–H and O–H groups in total. The molecule has 0 spiro atoms. The van der Waals surface area contributed by atoms with Crippen molar-refractivity contribution in [3.05, 3.63) is 47.3 Å². The number of piperazine rings is 1. The third-order valence-corrected chi connectivity index (χ3v) is 5.95. The lowest BCUT2D eigenvalue weighted by Crippen LogP contribution is -2.46. The van der Waals surface area contributed by atoms with E-state index in [1.807, 2.05) is 7.05 Å². The highest BCUT2D eigenvalue weighted by Crippen LogP contribution is 2.16. The van der Waals surface area contributed by atoms with E-state index in [0.717, 1.165) is 75.9 Å². The average Bonchev–Trinajstić information content (AvgIpc) is 3.23. The highest BCUT2D eigenvalue weighted by Gasteiger charge is 2.16. The third kappa shape index (κ3) is 6.72. The minimum atomic E-state index is 0.696. The van der Waals surface area contributed by atoms with Crippen molar-refractivity contribution < 1.29 is 4.52 Å². The molecule has 0 radical (unpaired) electrons. The van der Waals surface area contributed by atoms with Crippen LogP contribution >= 0.6 is 0 Å². The lowest BCUT2D eigenvalue weighted by Gasteiger charge is -2.36. The number of benzene rings is 1. The fourth-order valence-corrected chi connectivity index (χ4v) is 4.07. The normalized spacial score (nSPS) is 15.3. The van der Waals surface area contributed by atoms with Gasteiger partial charge in [0.05, 0.1) is 5.69 Å². The number of aliphatic imine (C=N–C) groups is 1. The van der Waals surface area contributed by atoms with Crippen LogP contribution in [0.4, 0.5) is 5.69 Å². The highest BCUT2D eigenvalue weighted by atomic mass is 16.5. The second-order valence-corrected chi connectivity index (χ2v) is 7.96. The average molecular weight is 427 g/mol.